The van der Waals surface area contributed by atoms with E-state index in [2.05, 4.69) is 45.1 Å². The molecule has 2 bridgehead atoms. The molecular formula is C15H18BrNO2. The van der Waals surface area contributed by atoms with E-state index in [1.807, 2.05) is 6.07 Å². The summed E-state index contributed by atoms with van der Waals surface area (Å²) in [5, 5.41) is 0. The zero-order valence-electron chi connectivity index (χ0n) is 11.0. The summed E-state index contributed by atoms with van der Waals surface area (Å²) < 4.78 is 4.95. The third kappa shape index (κ3) is 2.32. The normalized spacial score (nSPS) is 33.6. The number of esters is 1. The molecule has 1 aliphatic heterocycles. The fourth-order valence-corrected chi connectivity index (χ4v) is 4.61. The number of carbonyl (C=O) groups is 1. The molecule has 0 unspecified atom stereocenters. The molecule has 1 heterocycles. The number of benzene rings is 1. The average molecular weight is 324 g/mol. The average Bonchev–Trinajstić information content (AvgIpc) is 2.91. The highest BCUT2D eigenvalue weighted by Crippen LogP contribution is 2.46. The third-order valence-corrected chi connectivity index (χ3v) is 5.66. The number of nitrogens with zero attached hydrogens (tertiary/aromatic N) is 1. The van der Waals surface area contributed by atoms with Crippen molar-refractivity contribution in [1.29, 1.82) is 0 Å². The van der Waals surface area contributed by atoms with Crippen molar-refractivity contribution < 1.29 is 9.53 Å². The van der Waals surface area contributed by atoms with E-state index in [1.165, 1.54) is 12.7 Å². The van der Waals surface area contributed by atoms with Gasteiger partial charge in [0.05, 0.1) is 13.0 Å². The molecule has 2 fully saturated rings. The van der Waals surface area contributed by atoms with Crippen LogP contribution in [0, 0.1) is 11.8 Å². The molecular weight excluding hydrogens is 306 g/mol. The van der Waals surface area contributed by atoms with Gasteiger partial charge in [0, 0.05) is 24.0 Å². The summed E-state index contributed by atoms with van der Waals surface area (Å²) in [6.45, 7) is 1.99. The number of methoxy groups -OCH3 is 1. The first-order valence-electron chi connectivity index (χ1n) is 6.70. The Labute approximate surface area is 122 Å². The van der Waals surface area contributed by atoms with Gasteiger partial charge in [-0.25, -0.2) is 0 Å². The van der Waals surface area contributed by atoms with Gasteiger partial charge in [-0.15, -0.1) is 0 Å². The van der Waals surface area contributed by atoms with Gasteiger partial charge in [0.2, 0.25) is 0 Å². The Morgan fingerprint density at radius 3 is 2.79 bits per heavy atom. The van der Waals surface area contributed by atoms with Crippen molar-refractivity contribution in [3.8, 4) is 0 Å². The molecule has 0 N–H and O–H groups in total. The van der Waals surface area contributed by atoms with Crippen molar-refractivity contribution in [2.75, 3.05) is 13.7 Å². The summed E-state index contributed by atoms with van der Waals surface area (Å²) in [6, 6.07) is 10.7. The highest BCUT2D eigenvalue weighted by Gasteiger charge is 2.54. The van der Waals surface area contributed by atoms with Gasteiger partial charge >= 0.3 is 5.97 Å². The van der Waals surface area contributed by atoms with Crippen LogP contribution in [0.1, 0.15) is 12.0 Å². The number of halogens is 1. The summed E-state index contributed by atoms with van der Waals surface area (Å²) in [7, 11) is 1.49. The highest BCUT2D eigenvalue weighted by molar-refractivity contribution is 9.09. The zero-order chi connectivity index (χ0) is 13.4. The fraction of sp³-hybridized carbons (Fsp3) is 0.533. The monoisotopic (exact) mass is 323 g/mol. The quantitative estimate of drug-likeness (QED) is 0.632. The maximum Gasteiger partial charge on any atom is 0.310 e. The van der Waals surface area contributed by atoms with Crippen molar-refractivity contribution in [3.63, 3.8) is 0 Å². The van der Waals surface area contributed by atoms with E-state index in [1.54, 1.807) is 0 Å². The topological polar surface area (TPSA) is 29.5 Å². The molecule has 3 nitrogen and oxygen atoms in total. The lowest BCUT2D eigenvalue weighted by Crippen LogP contribution is -2.42. The largest absolute Gasteiger partial charge is 0.469 e. The molecule has 4 heteroatoms. The Balaban J connectivity index is 1.76. The SMILES string of the molecule is COC(=O)[C@H]1C[C@@H]2CN(Cc3ccccc3)[C@H]1[C@H]2Br. The smallest absolute Gasteiger partial charge is 0.310 e. The summed E-state index contributed by atoms with van der Waals surface area (Å²) in [5.41, 5.74) is 1.30. The van der Waals surface area contributed by atoms with Crippen molar-refractivity contribution in [2.24, 2.45) is 11.8 Å². The van der Waals surface area contributed by atoms with E-state index in [0.717, 1.165) is 19.5 Å². The molecule has 0 spiro atoms. The van der Waals surface area contributed by atoms with Crippen LogP contribution < -0.4 is 0 Å². The number of piperidine rings is 1. The van der Waals surface area contributed by atoms with Gasteiger partial charge in [0.25, 0.3) is 0 Å². The van der Waals surface area contributed by atoms with Crippen LogP contribution >= 0.6 is 15.9 Å². The second-order valence-electron chi connectivity index (χ2n) is 5.48. The molecule has 102 valence electrons. The van der Waals surface area contributed by atoms with Crippen LogP contribution in [0.4, 0.5) is 0 Å². The predicted octanol–water partition coefficient (Wildman–Crippen LogP) is 2.44. The lowest BCUT2D eigenvalue weighted by Gasteiger charge is -2.31. The number of hydrogen-bond donors (Lipinski definition) is 0. The predicted molar refractivity (Wildman–Crippen MR) is 77.0 cm³/mol. The van der Waals surface area contributed by atoms with E-state index in [0.29, 0.717) is 10.7 Å². The summed E-state index contributed by atoms with van der Waals surface area (Å²) in [5.74, 6) is 0.532. The first kappa shape index (κ1) is 13.1. The second kappa shape index (κ2) is 5.25. The summed E-state index contributed by atoms with van der Waals surface area (Å²) in [6.07, 6.45) is 0.957. The molecule has 19 heavy (non-hydrogen) atoms. The standard InChI is InChI=1S/C15H18BrNO2/c1-19-15(18)12-7-11-9-17(14(12)13(11)16)8-10-5-3-2-4-6-10/h2-6,11-14H,7-9H2,1H3/t11-,12+,13+,14-/m1/s1. The molecule has 0 aromatic heterocycles. The van der Waals surface area contributed by atoms with Crippen molar-refractivity contribution in [1.82, 2.24) is 4.90 Å². The van der Waals surface area contributed by atoms with Gasteiger partial charge in [-0.3, -0.25) is 9.69 Å². The van der Waals surface area contributed by atoms with Gasteiger partial charge in [0.1, 0.15) is 0 Å². The van der Waals surface area contributed by atoms with Crippen LogP contribution in [0.3, 0.4) is 0 Å². The summed E-state index contributed by atoms with van der Waals surface area (Å²) in [4.78, 5) is 14.7. The Bertz CT molecular complexity index is 464. The van der Waals surface area contributed by atoms with Gasteiger partial charge in [0.15, 0.2) is 0 Å². The van der Waals surface area contributed by atoms with Crippen LogP contribution in [0.25, 0.3) is 0 Å². The van der Waals surface area contributed by atoms with Crippen LogP contribution in [-0.4, -0.2) is 35.4 Å². The van der Waals surface area contributed by atoms with Gasteiger partial charge < -0.3 is 4.74 Å². The maximum absolute atomic E-state index is 11.9. The van der Waals surface area contributed by atoms with Crippen LogP contribution in [0.5, 0.6) is 0 Å². The first-order valence-corrected chi connectivity index (χ1v) is 7.62. The lowest BCUT2D eigenvalue weighted by atomic mass is 9.98. The zero-order valence-corrected chi connectivity index (χ0v) is 12.5. The molecule has 1 aromatic rings. The maximum atomic E-state index is 11.9. The minimum absolute atomic E-state index is 0.0248. The van der Waals surface area contributed by atoms with Crippen LogP contribution in [0.2, 0.25) is 0 Å². The van der Waals surface area contributed by atoms with E-state index < -0.39 is 0 Å². The van der Waals surface area contributed by atoms with E-state index in [-0.39, 0.29) is 17.9 Å². The molecule has 1 saturated carbocycles. The van der Waals surface area contributed by atoms with Gasteiger partial charge in [-0.2, -0.15) is 0 Å². The minimum atomic E-state index is -0.0605. The molecule has 3 rings (SSSR count). The van der Waals surface area contributed by atoms with E-state index in [9.17, 15) is 4.79 Å². The molecule has 1 aliphatic carbocycles. The first-order chi connectivity index (χ1) is 9.20. The van der Waals surface area contributed by atoms with E-state index >= 15 is 0 Å². The molecule has 2 aliphatic rings. The lowest BCUT2D eigenvalue weighted by molar-refractivity contribution is -0.148. The Morgan fingerprint density at radius 2 is 2.16 bits per heavy atom. The fourth-order valence-electron chi connectivity index (χ4n) is 3.53. The number of ether oxygens (including phenoxy) is 1. The Hall–Kier alpha value is -0.870. The van der Waals surface area contributed by atoms with Crippen molar-refractivity contribution >= 4 is 21.9 Å². The number of alkyl halides is 1. The Morgan fingerprint density at radius 1 is 1.42 bits per heavy atom. The molecule has 1 saturated heterocycles. The van der Waals surface area contributed by atoms with Gasteiger partial charge in [-0.1, -0.05) is 46.3 Å². The van der Waals surface area contributed by atoms with Gasteiger partial charge in [-0.05, 0) is 17.9 Å². The molecule has 0 radical (unpaired) electrons. The van der Waals surface area contributed by atoms with Crippen molar-refractivity contribution in [2.45, 2.75) is 23.8 Å². The van der Waals surface area contributed by atoms with Crippen LogP contribution in [-0.2, 0) is 16.1 Å². The number of rotatable bonds is 3. The van der Waals surface area contributed by atoms with E-state index in [4.69, 9.17) is 4.74 Å². The number of likely N-dealkylation sites (tertiary alicyclic amines) is 1. The third-order valence-electron chi connectivity index (χ3n) is 4.37. The summed E-state index contributed by atoms with van der Waals surface area (Å²) >= 11 is 3.77. The molecule has 0 amide bonds. The highest BCUT2D eigenvalue weighted by atomic mass is 79.9. The second-order valence-corrected chi connectivity index (χ2v) is 6.53. The minimum Gasteiger partial charge on any atom is -0.469 e. The Kier molecular flexibility index (Phi) is 3.63. The number of hydrogen-bond acceptors (Lipinski definition) is 3. The molecule has 4 atom stereocenters. The molecule has 1 aromatic carbocycles. The van der Waals surface area contributed by atoms with Crippen LogP contribution in [0.15, 0.2) is 30.3 Å². The number of carbonyl (C=O) groups excluding carboxylic acids is 1. The van der Waals surface area contributed by atoms with Crippen molar-refractivity contribution in [3.05, 3.63) is 35.9 Å². The number of fused-ring (bicyclic) bond motifs is 2.